The van der Waals surface area contributed by atoms with Gasteiger partial charge in [-0.05, 0) is 78.0 Å². The van der Waals surface area contributed by atoms with Crippen LogP contribution in [-0.2, 0) is 39.9 Å². The number of carboxylic acid groups (broad SMARTS) is 1. The van der Waals surface area contributed by atoms with Gasteiger partial charge in [0.15, 0.2) is 6.61 Å². The Bertz CT molecular complexity index is 1560. The van der Waals surface area contributed by atoms with Crippen LogP contribution in [0.2, 0.25) is 0 Å². The molecule has 278 valence electrons. The molecule has 1 saturated heterocycles. The summed E-state index contributed by atoms with van der Waals surface area (Å²) in [5.74, 6) is -3.45. The average molecular weight is 727 g/mol. The van der Waals surface area contributed by atoms with Crippen LogP contribution < -0.4 is 20.7 Å². The molecule has 1 fully saturated rings. The van der Waals surface area contributed by atoms with E-state index in [1.165, 1.54) is 16.7 Å². The highest BCUT2D eigenvalue weighted by molar-refractivity contribution is 8.00. The number of carboxylic acids is 1. The minimum atomic E-state index is -1.55. The molecule has 14 heteroatoms. The van der Waals surface area contributed by atoms with E-state index in [4.69, 9.17) is 14.6 Å². The van der Waals surface area contributed by atoms with E-state index in [2.05, 4.69) is 16.0 Å². The van der Waals surface area contributed by atoms with Gasteiger partial charge in [0.1, 0.15) is 18.3 Å². The average Bonchev–Trinajstić information content (AvgIpc) is 3.36. The SMILES string of the molecule is Cc1cccc(C)c1OCC(=O)N[C@@H](Cc1ccccc1)[C@H](OC(=O)CCCC(=O)NCC(=O)O)C(=O)N1CSC(C)(C)[C@H]1C(=O)NC(C)(C)C. The van der Waals surface area contributed by atoms with Gasteiger partial charge in [-0.1, -0.05) is 48.5 Å². The van der Waals surface area contributed by atoms with Crippen molar-refractivity contribution in [3.05, 3.63) is 65.2 Å². The summed E-state index contributed by atoms with van der Waals surface area (Å²) in [5.41, 5.74) is 1.85. The molecule has 0 aliphatic carbocycles. The number of benzene rings is 2. The number of carbonyl (C=O) groups excluding carboxylic acids is 5. The van der Waals surface area contributed by atoms with Crippen molar-refractivity contribution in [2.75, 3.05) is 19.0 Å². The van der Waals surface area contributed by atoms with Crippen LogP contribution in [0.25, 0.3) is 0 Å². The molecule has 3 rings (SSSR count). The molecule has 0 aromatic heterocycles. The van der Waals surface area contributed by atoms with Crippen LogP contribution >= 0.6 is 11.8 Å². The van der Waals surface area contributed by atoms with E-state index in [0.29, 0.717) is 5.75 Å². The van der Waals surface area contributed by atoms with E-state index in [-0.39, 0.29) is 44.1 Å². The molecule has 0 bridgehead atoms. The van der Waals surface area contributed by atoms with Gasteiger partial charge in [-0.15, -0.1) is 11.8 Å². The minimum absolute atomic E-state index is 0.0216. The molecule has 0 unspecified atom stereocenters. The third-order valence-electron chi connectivity index (χ3n) is 8.07. The Kier molecular flexibility index (Phi) is 14.5. The molecule has 2 aromatic carbocycles. The zero-order valence-corrected chi connectivity index (χ0v) is 31.2. The number of nitrogens with zero attached hydrogens (tertiary/aromatic N) is 1. The molecular formula is C37H50N4O9S. The summed E-state index contributed by atoms with van der Waals surface area (Å²) in [5, 5.41) is 16.9. The predicted octanol–water partition coefficient (Wildman–Crippen LogP) is 3.29. The van der Waals surface area contributed by atoms with E-state index in [9.17, 15) is 28.8 Å². The Labute approximate surface area is 303 Å². The summed E-state index contributed by atoms with van der Waals surface area (Å²) >= 11 is 1.41. The third kappa shape index (κ3) is 12.6. The Morgan fingerprint density at radius 3 is 2.22 bits per heavy atom. The highest BCUT2D eigenvalue weighted by Crippen LogP contribution is 2.40. The summed E-state index contributed by atoms with van der Waals surface area (Å²) < 4.78 is 11.1. The lowest BCUT2D eigenvalue weighted by molar-refractivity contribution is -0.164. The summed E-state index contributed by atoms with van der Waals surface area (Å²) in [6.07, 6.45) is -1.84. The number of nitrogens with one attached hydrogen (secondary N) is 3. The van der Waals surface area contributed by atoms with Gasteiger partial charge in [0.05, 0.1) is 11.9 Å². The zero-order valence-electron chi connectivity index (χ0n) is 30.4. The smallest absolute Gasteiger partial charge is 0.322 e. The first-order chi connectivity index (χ1) is 23.9. The van der Waals surface area contributed by atoms with Crippen molar-refractivity contribution in [2.45, 2.75) is 103 Å². The first-order valence-electron chi connectivity index (χ1n) is 16.8. The maximum atomic E-state index is 14.6. The number of aliphatic carboxylic acids is 1. The topological polar surface area (TPSA) is 180 Å². The summed E-state index contributed by atoms with van der Waals surface area (Å²) in [7, 11) is 0. The molecule has 2 aromatic rings. The van der Waals surface area contributed by atoms with Gasteiger partial charge in [0.25, 0.3) is 11.8 Å². The first kappa shape index (κ1) is 40.8. The van der Waals surface area contributed by atoms with Crippen molar-refractivity contribution in [3.63, 3.8) is 0 Å². The molecule has 51 heavy (non-hydrogen) atoms. The van der Waals surface area contributed by atoms with Crippen LogP contribution in [0.15, 0.2) is 48.5 Å². The number of carbonyl (C=O) groups is 6. The van der Waals surface area contributed by atoms with Crippen LogP contribution in [0, 0.1) is 13.8 Å². The molecule has 0 spiro atoms. The van der Waals surface area contributed by atoms with E-state index >= 15 is 0 Å². The normalized spacial score (nSPS) is 16.4. The Balaban J connectivity index is 1.94. The highest BCUT2D eigenvalue weighted by atomic mass is 32.2. The molecule has 1 aliphatic heterocycles. The second kappa shape index (κ2) is 18.1. The molecule has 13 nitrogen and oxygen atoms in total. The fourth-order valence-corrected chi connectivity index (χ4v) is 6.83. The Morgan fingerprint density at radius 1 is 0.961 bits per heavy atom. The van der Waals surface area contributed by atoms with Crippen LogP contribution in [-0.4, -0.2) is 93.1 Å². The zero-order chi connectivity index (χ0) is 37.9. The van der Waals surface area contributed by atoms with Crippen LogP contribution in [0.4, 0.5) is 0 Å². The number of ether oxygens (including phenoxy) is 2. The van der Waals surface area contributed by atoms with E-state index < -0.39 is 64.7 Å². The minimum Gasteiger partial charge on any atom is -0.483 e. The third-order valence-corrected chi connectivity index (χ3v) is 9.44. The number of rotatable bonds is 16. The summed E-state index contributed by atoms with van der Waals surface area (Å²) in [4.78, 5) is 79.3. The molecule has 4 amide bonds. The van der Waals surface area contributed by atoms with E-state index in [0.717, 1.165) is 16.7 Å². The molecule has 0 saturated carbocycles. The number of thioether (sulfide) groups is 1. The maximum Gasteiger partial charge on any atom is 0.322 e. The number of amides is 4. The number of hydrogen-bond acceptors (Lipinski definition) is 9. The van der Waals surface area contributed by atoms with Gasteiger partial charge >= 0.3 is 11.9 Å². The van der Waals surface area contributed by atoms with Crippen LogP contribution in [0.1, 0.15) is 70.6 Å². The van der Waals surface area contributed by atoms with Gasteiger partial charge in [-0.2, -0.15) is 0 Å². The number of para-hydroxylation sites is 1. The fourth-order valence-electron chi connectivity index (χ4n) is 5.69. The highest BCUT2D eigenvalue weighted by Gasteiger charge is 2.51. The standard InChI is InChI=1S/C37H50N4O9S/c1-23-13-11-14-24(2)31(23)49-21-28(43)39-26(19-25-15-9-8-10-16-25)32(50-30(46)18-12-17-27(42)38-20-29(44)45)35(48)41-22-51-37(6,7)33(41)34(47)40-36(3,4)5/h8-11,13-16,26,32-33H,12,17-22H2,1-7H3,(H,38,42)(H,39,43)(H,40,47)(H,44,45)/t26-,32-,33+/m0/s1. The van der Waals surface area contributed by atoms with Crippen molar-refractivity contribution in [1.82, 2.24) is 20.9 Å². The van der Waals surface area contributed by atoms with Gasteiger partial charge in [0, 0.05) is 23.1 Å². The molecule has 3 atom stereocenters. The number of aryl methyl sites for hydroxylation is 2. The Morgan fingerprint density at radius 2 is 1.61 bits per heavy atom. The molecule has 1 heterocycles. The van der Waals surface area contributed by atoms with Crippen molar-refractivity contribution in [1.29, 1.82) is 0 Å². The predicted molar refractivity (Wildman–Crippen MR) is 193 cm³/mol. The van der Waals surface area contributed by atoms with Crippen molar-refractivity contribution >= 4 is 47.3 Å². The van der Waals surface area contributed by atoms with Gasteiger partial charge in [-0.25, -0.2) is 0 Å². The molecule has 1 aliphatic rings. The Hall–Kier alpha value is -4.59. The molecular weight excluding hydrogens is 676 g/mol. The van der Waals surface area contributed by atoms with E-state index in [1.807, 2.05) is 97.0 Å². The second-order valence-corrected chi connectivity index (χ2v) is 15.7. The second-order valence-electron chi connectivity index (χ2n) is 14.1. The fraction of sp³-hybridized carbons (Fsp3) is 0.514. The van der Waals surface area contributed by atoms with Gasteiger partial charge in [-0.3, -0.25) is 28.8 Å². The molecule has 4 N–H and O–H groups in total. The molecule has 0 radical (unpaired) electrons. The van der Waals surface area contributed by atoms with Crippen molar-refractivity contribution in [3.8, 4) is 5.75 Å². The van der Waals surface area contributed by atoms with E-state index in [1.54, 1.807) is 0 Å². The number of hydrogen-bond donors (Lipinski definition) is 4. The number of esters is 1. The summed E-state index contributed by atoms with van der Waals surface area (Å²) in [6.45, 7) is 12.0. The monoisotopic (exact) mass is 726 g/mol. The largest absolute Gasteiger partial charge is 0.483 e. The van der Waals surface area contributed by atoms with Gasteiger partial charge in [0.2, 0.25) is 17.9 Å². The van der Waals surface area contributed by atoms with Gasteiger partial charge < -0.3 is 35.4 Å². The van der Waals surface area contributed by atoms with Crippen LogP contribution in [0.5, 0.6) is 5.75 Å². The van der Waals surface area contributed by atoms with Crippen LogP contribution in [0.3, 0.4) is 0 Å². The van der Waals surface area contributed by atoms with Crippen molar-refractivity contribution in [2.24, 2.45) is 0 Å². The quantitative estimate of drug-likeness (QED) is 0.188. The summed E-state index contributed by atoms with van der Waals surface area (Å²) in [6, 6.07) is 12.7. The lowest BCUT2D eigenvalue weighted by Gasteiger charge is -2.36. The first-order valence-corrected chi connectivity index (χ1v) is 17.8. The lowest BCUT2D eigenvalue weighted by Crippen LogP contribution is -2.61. The lowest BCUT2D eigenvalue weighted by atomic mass is 9.96. The van der Waals surface area contributed by atoms with Crippen molar-refractivity contribution < 1.29 is 43.3 Å². The maximum absolute atomic E-state index is 14.6.